The molecule has 2 N–H and O–H groups in total. The number of Topliss-reactive ketones (excluding diaryl/α,β-unsaturated/α-hetero) is 1. The highest BCUT2D eigenvalue weighted by atomic mass is 79.9. The number of dihydropyridines is 1. The molecule has 4 rings (SSSR count). The predicted octanol–water partition coefficient (Wildman–Crippen LogP) is 5.12. The lowest BCUT2D eigenvalue weighted by atomic mass is 9.71. The van der Waals surface area contributed by atoms with E-state index in [1.54, 1.807) is 33.3 Å². The number of benzene rings is 2. The molecule has 1 aliphatic heterocycles. The van der Waals surface area contributed by atoms with Crippen LogP contribution in [0.3, 0.4) is 0 Å². The van der Waals surface area contributed by atoms with E-state index in [0.29, 0.717) is 51.4 Å². The van der Waals surface area contributed by atoms with Crippen LogP contribution in [-0.4, -0.2) is 58.0 Å². The molecular formula is C30H34BrNO8. The summed E-state index contributed by atoms with van der Waals surface area (Å²) in [6.45, 7) is 4.26. The summed E-state index contributed by atoms with van der Waals surface area (Å²) in [4.78, 5) is 27.3. The minimum absolute atomic E-state index is 0.0536. The summed E-state index contributed by atoms with van der Waals surface area (Å²) < 4.78 is 27.5. The minimum Gasteiger partial charge on any atom is -0.503 e. The molecule has 2 unspecified atom stereocenters. The van der Waals surface area contributed by atoms with E-state index in [1.807, 2.05) is 25.1 Å². The highest BCUT2D eigenvalue weighted by molar-refractivity contribution is 9.10. The number of hydrogen-bond donors (Lipinski definition) is 2. The number of ether oxygens (including phenoxy) is 5. The zero-order valence-electron chi connectivity index (χ0n) is 23.3. The van der Waals surface area contributed by atoms with Gasteiger partial charge in [0.25, 0.3) is 0 Å². The first-order chi connectivity index (χ1) is 19.2. The van der Waals surface area contributed by atoms with E-state index < -0.39 is 11.9 Å². The molecule has 0 fully saturated rings. The fourth-order valence-electron chi connectivity index (χ4n) is 5.31. The van der Waals surface area contributed by atoms with Gasteiger partial charge in [0.2, 0.25) is 0 Å². The standard InChI is InChI=1S/C30H34BrNO8/c1-6-39-25-15-19(11-20(31)29(25)34)27-26(30(35)40-10-9-36-3)16(2)32-21-12-18(13-22(33)28(21)27)17-7-8-23(37-4)24(14-17)38-5/h7-8,11,14-15,18,27,32,34H,6,9-10,12-13H2,1-5H3. The molecule has 0 aromatic heterocycles. The Morgan fingerprint density at radius 1 is 1.02 bits per heavy atom. The third-order valence-corrected chi connectivity index (χ3v) is 7.74. The van der Waals surface area contributed by atoms with Crippen molar-refractivity contribution in [2.75, 3.05) is 41.2 Å². The molecular weight excluding hydrogens is 582 g/mol. The smallest absolute Gasteiger partial charge is 0.336 e. The predicted molar refractivity (Wildman–Crippen MR) is 152 cm³/mol. The van der Waals surface area contributed by atoms with Crippen LogP contribution in [0, 0.1) is 0 Å². The van der Waals surface area contributed by atoms with Crippen molar-refractivity contribution >= 4 is 27.7 Å². The van der Waals surface area contributed by atoms with Crippen molar-refractivity contribution in [3.8, 4) is 23.0 Å². The Labute approximate surface area is 242 Å². The number of phenolic OH excluding ortho intramolecular Hbond substituents is 1. The maximum Gasteiger partial charge on any atom is 0.336 e. The van der Waals surface area contributed by atoms with E-state index in [4.69, 9.17) is 23.7 Å². The van der Waals surface area contributed by atoms with Gasteiger partial charge >= 0.3 is 5.97 Å². The SMILES string of the molecule is CCOc1cc(C2C(C(=O)OCCOC)=C(C)NC3=C2C(=O)CC(c2ccc(OC)c(OC)c2)C3)cc(Br)c1O. The molecule has 0 saturated carbocycles. The lowest BCUT2D eigenvalue weighted by Crippen LogP contribution is -2.36. The van der Waals surface area contributed by atoms with Gasteiger partial charge in [0.05, 0.1) is 37.5 Å². The first-order valence-electron chi connectivity index (χ1n) is 13.0. The normalized spacial score (nSPS) is 18.7. The van der Waals surface area contributed by atoms with Crippen LogP contribution in [0.4, 0.5) is 0 Å². The summed E-state index contributed by atoms with van der Waals surface area (Å²) in [5.41, 5.74) is 3.74. The number of aromatic hydroxyl groups is 1. The van der Waals surface area contributed by atoms with Crippen molar-refractivity contribution in [2.24, 2.45) is 0 Å². The number of allylic oxidation sites excluding steroid dienone is 3. The van der Waals surface area contributed by atoms with Crippen molar-refractivity contribution in [2.45, 2.75) is 38.5 Å². The summed E-state index contributed by atoms with van der Waals surface area (Å²) >= 11 is 3.41. The largest absolute Gasteiger partial charge is 0.503 e. The Bertz CT molecular complexity index is 1370. The van der Waals surface area contributed by atoms with Gasteiger partial charge in [-0.3, -0.25) is 4.79 Å². The summed E-state index contributed by atoms with van der Waals surface area (Å²) in [5.74, 6) is -0.0512. The Hall–Kier alpha value is -3.50. The maximum absolute atomic E-state index is 13.9. The average Bonchev–Trinajstić information content (AvgIpc) is 2.94. The molecule has 1 aliphatic carbocycles. The zero-order valence-corrected chi connectivity index (χ0v) is 24.8. The molecule has 9 nitrogen and oxygen atoms in total. The molecule has 0 amide bonds. The number of methoxy groups -OCH3 is 3. The Balaban J connectivity index is 1.81. The highest BCUT2D eigenvalue weighted by Crippen LogP contribution is 2.48. The minimum atomic E-state index is -0.721. The van der Waals surface area contributed by atoms with E-state index in [9.17, 15) is 14.7 Å². The number of nitrogens with one attached hydrogen (secondary N) is 1. The number of carbonyl (C=O) groups excluding carboxylic acids is 2. The van der Waals surface area contributed by atoms with E-state index >= 15 is 0 Å². The second-order valence-corrected chi connectivity index (χ2v) is 10.4. The van der Waals surface area contributed by atoms with Crippen LogP contribution in [0.5, 0.6) is 23.0 Å². The van der Waals surface area contributed by atoms with Gasteiger partial charge < -0.3 is 34.1 Å². The van der Waals surface area contributed by atoms with E-state index in [2.05, 4.69) is 21.2 Å². The molecule has 2 atom stereocenters. The van der Waals surface area contributed by atoms with Gasteiger partial charge in [-0.15, -0.1) is 0 Å². The molecule has 2 aromatic carbocycles. The van der Waals surface area contributed by atoms with Gasteiger partial charge in [0, 0.05) is 36.4 Å². The van der Waals surface area contributed by atoms with E-state index in [0.717, 1.165) is 11.3 Å². The molecule has 10 heteroatoms. The monoisotopic (exact) mass is 615 g/mol. The van der Waals surface area contributed by atoms with Crippen LogP contribution in [0.2, 0.25) is 0 Å². The summed E-state index contributed by atoms with van der Waals surface area (Å²) in [5, 5.41) is 13.9. The second-order valence-electron chi connectivity index (χ2n) is 9.54. The van der Waals surface area contributed by atoms with Crippen molar-refractivity contribution in [1.82, 2.24) is 5.32 Å². The number of rotatable bonds is 10. The molecule has 40 heavy (non-hydrogen) atoms. The fourth-order valence-corrected chi connectivity index (χ4v) is 5.77. The van der Waals surface area contributed by atoms with Crippen LogP contribution in [0.25, 0.3) is 0 Å². The third-order valence-electron chi connectivity index (χ3n) is 7.13. The van der Waals surface area contributed by atoms with E-state index in [-0.39, 0.29) is 42.8 Å². The van der Waals surface area contributed by atoms with Gasteiger partial charge in [-0.25, -0.2) is 4.79 Å². The Kier molecular flexibility index (Phi) is 9.42. The fraction of sp³-hybridized carbons (Fsp3) is 0.400. The number of hydrogen-bond acceptors (Lipinski definition) is 9. The van der Waals surface area contributed by atoms with Crippen molar-refractivity contribution in [1.29, 1.82) is 0 Å². The number of ketones is 1. The lowest BCUT2D eigenvalue weighted by Gasteiger charge is -2.37. The Morgan fingerprint density at radius 2 is 1.75 bits per heavy atom. The molecule has 214 valence electrons. The van der Waals surface area contributed by atoms with Crippen LogP contribution < -0.4 is 19.5 Å². The molecule has 0 bridgehead atoms. The van der Waals surface area contributed by atoms with Gasteiger partial charge in [0.1, 0.15) is 6.61 Å². The number of esters is 1. The van der Waals surface area contributed by atoms with Crippen molar-refractivity contribution in [3.05, 3.63) is 68.5 Å². The van der Waals surface area contributed by atoms with Crippen molar-refractivity contribution < 1.29 is 38.4 Å². The van der Waals surface area contributed by atoms with Crippen LogP contribution in [0.15, 0.2) is 57.3 Å². The van der Waals surface area contributed by atoms with Crippen LogP contribution in [-0.2, 0) is 19.1 Å². The van der Waals surface area contributed by atoms with Gasteiger partial charge in [-0.2, -0.15) is 0 Å². The topological polar surface area (TPSA) is 113 Å². The summed E-state index contributed by atoms with van der Waals surface area (Å²) in [6, 6.07) is 9.06. The Morgan fingerprint density at radius 3 is 2.42 bits per heavy atom. The zero-order chi connectivity index (χ0) is 29.0. The van der Waals surface area contributed by atoms with Gasteiger partial charge in [0.15, 0.2) is 28.8 Å². The molecule has 0 radical (unpaired) electrons. The highest BCUT2D eigenvalue weighted by Gasteiger charge is 2.42. The average molecular weight is 617 g/mol. The lowest BCUT2D eigenvalue weighted by molar-refractivity contribution is -0.140. The van der Waals surface area contributed by atoms with Crippen LogP contribution in [0.1, 0.15) is 49.7 Å². The number of phenols is 1. The number of halogens is 1. The molecule has 0 saturated heterocycles. The third kappa shape index (κ3) is 5.83. The molecule has 2 aliphatic rings. The van der Waals surface area contributed by atoms with Gasteiger partial charge in [-0.05, 0) is 77.5 Å². The quantitative estimate of drug-likeness (QED) is 0.278. The maximum atomic E-state index is 13.9. The van der Waals surface area contributed by atoms with Crippen molar-refractivity contribution in [3.63, 3.8) is 0 Å². The van der Waals surface area contributed by atoms with Crippen LogP contribution >= 0.6 is 15.9 Å². The summed E-state index contributed by atoms with van der Waals surface area (Å²) in [7, 11) is 4.69. The first kappa shape index (κ1) is 29.5. The molecule has 1 heterocycles. The number of carbonyl (C=O) groups is 2. The second kappa shape index (κ2) is 12.8. The molecule has 2 aromatic rings. The van der Waals surface area contributed by atoms with Gasteiger partial charge in [-0.1, -0.05) is 6.07 Å². The first-order valence-corrected chi connectivity index (χ1v) is 13.8. The van der Waals surface area contributed by atoms with E-state index in [1.165, 1.54) is 7.11 Å². The molecule has 0 spiro atoms. The summed E-state index contributed by atoms with van der Waals surface area (Å²) in [6.07, 6.45) is 0.795.